The molecule has 0 spiro atoms. The van der Waals surface area contributed by atoms with Crippen molar-refractivity contribution in [1.29, 1.82) is 0 Å². The molecule has 0 aromatic carbocycles. The van der Waals surface area contributed by atoms with E-state index in [0.29, 0.717) is 0 Å². The van der Waals surface area contributed by atoms with Crippen molar-refractivity contribution in [2.24, 2.45) is 0 Å². The van der Waals surface area contributed by atoms with Crippen LogP contribution in [0.3, 0.4) is 0 Å². The van der Waals surface area contributed by atoms with Gasteiger partial charge in [0.25, 0.3) is 0 Å². The van der Waals surface area contributed by atoms with Gasteiger partial charge in [-0.05, 0) is 57.5 Å². The van der Waals surface area contributed by atoms with E-state index in [1.54, 1.807) is 0 Å². The third-order valence-corrected chi connectivity index (χ3v) is 7.89. The van der Waals surface area contributed by atoms with Crippen LogP contribution in [0.25, 0.3) is 0 Å². The Morgan fingerprint density at radius 3 is 0.564 bits per heavy atom. The van der Waals surface area contributed by atoms with E-state index < -0.39 is 6.16 Å². The van der Waals surface area contributed by atoms with Crippen molar-refractivity contribution < 1.29 is 24.0 Å². The molecular formula is C34H76N2O3. The van der Waals surface area contributed by atoms with Crippen LogP contribution >= 0.6 is 0 Å². The highest BCUT2D eigenvalue weighted by Gasteiger charge is 2.25. The zero-order chi connectivity index (χ0) is 29.5. The number of rotatable bonds is 24. The molecular weight excluding hydrogens is 484 g/mol. The maximum atomic E-state index is 8.33. The molecule has 5 nitrogen and oxygen atoms in total. The highest BCUT2D eigenvalue weighted by atomic mass is 16.6. The quantitative estimate of drug-likeness (QED) is 0.112. The lowest BCUT2D eigenvalue weighted by atomic mass is 10.1. The van der Waals surface area contributed by atoms with E-state index in [0.717, 1.165) is 0 Å². The Bertz CT molecular complexity index is 356. The van der Waals surface area contributed by atoms with Crippen LogP contribution in [0.15, 0.2) is 0 Å². The number of hydrogen-bond acceptors (Lipinski definition) is 3. The lowest BCUT2D eigenvalue weighted by Gasteiger charge is -2.39. The van der Waals surface area contributed by atoms with Crippen LogP contribution in [0.1, 0.15) is 166 Å². The van der Waals surface area contributed by atoms with Crippen molar-refractivity contribution in [3.05, 3.63) is 0 Å². The first-order valence-electron chi connectivity index (χ1n) is 16.8. The standard InChI is InChI=1S/2C16H36N.CH2O3.CH4/c2*1-5-9-13-17(14-10-6-2,15-11-7-3)16-12-8-4;2-1(3)4;/h2*5-16H2,1-4H3;(H2,2,3,4);1H4/q2*+1;;/p-2. The van der Waals surface area contributed by atoms with Gasteiger partial charge in [-0.2, -0.15) is 0 Å². The summed E-state index contributed by atoms with van der Waals surface area (Å²) >= 11 is 0. The number of nitrogens with zero attached hydrogens (tertiary/aromatic N) is 2. The first-order chi connectivity index (χ1) is 18.2. The lowest BCUT2D eigenvalue weighted by molar-refractivity contribution is -0.929. The molecule has 0 aliphatic heterocycles. The minimum atomic E-state index is -2.33. The predicted molar refractivity (Wildman–Crippen MR) is 171 cm³/mol. The van der Waals surface area contributed by atoms with Gasteiger partial charge in [-0.15, -0.1) is 0 Å². The molecule has 0 heterocycles. The molecule has 0 aliphatic rings. The van der Waals surface area contributed by atoms with Crippen molar-refractivity contribution >= 4 is 6.16 Å². The second kappa shape index (κ2) is 33.4. The SMILES string of the molecule is C.CCCC[N+](CCCC)(CCCC)CCCC.CCCC[N+](CCCC)(CCCC)CCCC.O=C([O-])[O-]. The molecule has 5 heteroatoms. The van der Waals surface area contributed by atoms with Gasteiger partial charge in [0.1, 0.15) is 0 Å². The number of hydrogen-bond donors (Lipinski definition) is 0. The molecule has 0 saturated carbocycles. The molecule has 39 heavy (non-hydrogen) atoms. The van der Waals surface area contributed by atoms with Crippen LogP contribution in [0.5, 0.6) is 0 Å². The molecule has 0 fully saturated rings. The molecule has 0 rings (SSSR count). The van der Waals surface area contributed by atoms with Gasteiger partial charge in [-0.3, -0.25) is 0 Å². The largest absolute Gasteiger partial charge is 0.652 e. The van der Waals surface area contributed by atoms with Crippen molar-refractivity contribution in [1.82, 2.24) is 0 Å². The van der Waals surface area contributed by atoms with Crippen LogP contribution in [0.4, 0.5) is 4.79 Å². The summed E-state index contributed by atoms with van der Waals surface area (Å²) in [5.74, 6) is 0. The second-order valence-corrected chi connectivity index (χ2v) is 11.6. The van der Waals surface area contributed by atoms with E-state index in [1.165, 1.54) is 164 Å². The highest BCUT2D eigenvalue weighted by Crippen LogP contribution is 2.17. The number of unbranched alkanes of at least 4 members (excludes halogenated alkanes) is 8. The molecule has 0 aromatic heterocycles. The summed E-state index contributed by atoms with van der Waals surface area (Å²) in [6.07, 6.45) is 19.8. The van der Waals surface area contributed by atoms with Gasteiger partial charge in [0, 0.05) is 0 Å². The summed E-state index contributed by atoms with van der Waals surface area (Å²) in [5.41, 5.74) is 0. The van der Waals surface area contributed by atoms with Crippen molar-refractivity contribution in [3.8, 4) is 0 Å². The Morgan fingerprint density at radius 1 is 0.385 bits per heavy atom. The summed E-state index contributed by atoms with van der Waals surface area (Å²) in [5, 5.41) is 16.7. The van der Waals surface area contributed by atoms with E-state index in [-0.39, 0.29) is 7.43 Å². The van der Waals surface area contributed by atoms with Crippen LogP contribution < -0.4 is 10.2 Å². The molecule has 0 unspecified atom stereocenters. The van der Waals surface area contributed by atoms with Crippen LogP contribution in [-0.4, -0.2) is 67.5 Å². The third kappa shape index (κ3) is 30.0. The van der Waals surface area contributed by atoms with Gasteiger partial charge in [-0.25, -0.2) is 0 Å². The molecule has 240 valence electrons. The number of carbonyl (C=O) groups excluding carboxylic acids is 1. The lowest BCUT2D eigenvalue weighted by Crippen LogP contribution is -2.50. The topological polar surface area (TPSA) is 63.2 Å². The number of carboxylic acid groups (broad SMARTS) is 2. The summed E-state index contributed by atoms with van der Waals surface area (Å²) in [7, 11) is 0. The van der Waals surface area contributed by atoms with Gasteiger partial charge < -0.3 is 24.0 Å². The van der Waals surface area contributed by atoms with Crippen molar-refractivity contribution in [3.63, 3.8) is 0 Å². The molecule has 0 N–H and O–H groups in total. The van der Waals surface area contributed by atoms with Crippen molar-refractivity contribution in [2.75, 3.05) is 52.4 Å². The average Bonchev–Trinajstić information content (AvgIpc) is 2.91. The summed E-state index contributed by atoms with van der Waals surface area (Å²) in [6, 6.07) is 0. The highest BCUT2D eigenvalue weighted by molar-refractivity contribution is 5.47. The molecule has 0 saturated heterocycles. The van der Waals surface area contributed by atoms with Crippen LogP contribution in [-0.2, 0) is 0 Å². The third-order valence-electron chi connectivity index (χ3n) is 7.89. The van der Waals surface area contributed by atoms with Gasteiger partial charge in [-0.1, -0.05) is 114 Å². The number of carbonyl (C=O) groups is 1. The Kier molecular flexibility index (Phi) is 38.7. The fourth-order valence-corrected chi connectivity index (χ4v) is 5.29. The normalized spacial score (nSPS) is 11.1. The molecule has 0 radical (unpaired) electrons. The summed E-state index contributed by atoms with van der Waals surface area (Å²) in [4.78, 5) is 8.33. The molecule has 0 amide bonds. The van der Waals surface area contributed by atoms with E-state index >= 15 is 0 Å². The zero-order valence-electron chi connectivity index (χ0n) is 27.6. The minimum absolute atomic E-state index is 0. The van der Waals surface area contributed by atoms with E-state index in [4.69, 9.17) is 15.0 Å². The average molecular weight is 561 g/mol. The summed E-state index contributed by atoms with van der Waals surface area (Å²) in [6.45, 7) is 30.0. The first-order valence-corrected chi connectivity index (χ1v) is 16.8. The predicted octanol–water partition coefficient (Wildman–Crippen LogP) is 8.20. The Hall–Kier alpha value is -0.810. The Morgan fingerprint density at radius 2 is 0.487 bits per heavy atom. The zero-order valence-corrected chi connectivity index (χ0v) is 27.6. The van der Waals surface area contributed by atoms with Gasteiger partial charge in [0.15, 0.2) is 0 Å². The smallest absolute Gasteiger partial charge is 0.0786 e. The monoisotopic (exact) mass is 561 g/mol. The number of quaternary nitrogens is 2. The minimum Gasteiger partial charge on any atom is -0.652 e. The molecule has 0 bridgehead atoms. The van der Waals surface area contributed by atoms with Crippen LogP contribution in [0.2, 0.25) is 0 Å². The fraction of sp³-hybridized carbons (Fsp3) is 0.971. The second-order valence-electron chi connectivity index (χ2n) is 11.6. The summed E-state index contributed by atoms with van der Waals surface area (Å²) < 4.78 is 2.84. The Balaban J connectivity index is -0.000000270. The van der Waals surface area contributed by atoms with Gasteiger partial charge >= 0.3 is 0 Å². The Labute approximate surface area is 247 Å². The van der Waals surface area contributed by atoms with Gasteiger partial charge in [0.2, 0.25) is 0 Å². The fourth-order valence-electron chi connectivity index (χ4n) is 5.29. The maximum absolute atomic E-state index is 8.33. The molecule has 0 atom stereocenters. The molecule has 0 aromatic rings. The van der Waals surface area contributed by atoms with Crippen molar-refractivity contribution in [2.45, 2.75) is 166 Å². The van der Waals surface area contributed by atoms with E-state index in [1.807, 2.05) is 0 Å². The first kappa shape index (κ1) is 45.2. The van der Waals surface area contributed by atoms with E-state index in [9.17, 15) is 0 Å². The van der Waals surface area contributed by atoms with Crippen LogP contribution in [0, 0.1) is 0 Å². The van der Waals surface area contributed by atoms with Gasteiger partial charge in [0.05, 0.1) is 52.4 Å². The van der Waals surface area contributed by atoms with E-state index in [2.05, 4.69) is 55.4 Å². The maximum Gasteiger partial charge on any atom is 0.0786 e. The molecule has 0 aliphatic carbocycles.